The van der Waals surface area contributed by atoms with Gasteiger partial charge in [0.05, 0.1) is 5.69 Å². The largest absolute Gasteiger partial charge is 0.378 e. The first-order valence-corrected chi connectivity index (χ1v) is 5.43. The van der Waals surface area contributed by atoms with Crippen molar-refractivity contribution in [3.8, 4) is 0 Å². The summed E-state index contributed by atoms with van der Waals surface area (Å²) in [6, 6.07) is 6.28. The average molecular weight is 247 g/mol. The number of urea groups is 1. The molecule has 1 aliphatic heterocycles. The van der Waals surface area contributed by atoms with Crippen molar-refractivity contribution in [1.29, 1.82) is 0 Å². The minimum Gasteiger partial charge on any atom is -0.378 e. The summed E-state index contributed by atoms with van der Waals surface area (Å²) < 4.78 is 0. The fourth-order valence-corrected chi connectivity index (χ4v) is 1.72. The molecule has 94 valence electrons. The molecule has 6 heteroatoms. The number of benzene rings is 1. The van der Waals surface area contributed by atoms with Gasteiger partial charge in [0.25, 0.3) is 0 Å². The molecule has 6 nitrogen and oxygen atoms in total. The number of amides is 4. The third kappa shape index (κ3) is 2.17. The maximum atomic E-state index is 11.7. The van der Waals surface area contributed by atoms with Crippen molar-refractivity contribution in [3.63, 3.8) is 0 Å². The molecule has 0 bridgehead atoms. The SMILES string of the molecule is CN(C)c1cccc(N2C(=O)CC(=O)NC2=O)c1. The fourth-order valence-electron chi connectivity index (χ4n) is 1.72. The molecule has 0 radical (unpaired) electrons. The summed E-state index contributed by atoms with van der Waals surface area (Å²) in [6.07, 6.45) is -0.308. The highest BCUT2D eigenvalue weighted by atomic mass is 16.2. The third-order valence-corrected chi connectivity index (χ3v) is 2.61. The number of anilines is 2. The van der Waals surface area contributed by atoms with Crippen LogP contribution in [0.25, 0.3) is 0 Å². The van der Waals surface area contributed by atoms with Crippen LogP contribution in [0.1, 0.15) is 6.42 Å². The molecular formula is C12H13N3O3. The molecule has 0 saturated carbocycles. The van der Waals surface area contributed by atoms with Gasteiger partial charge in [0.15, 0.2) is 0 Å². The molecular weight excluding hydrogens is 234 g/mol. The molecule has 18 heavy (non-hydrogen) atoms. The van der Waals surface area contributed by atoms with Crippen LogP contribution in [0.2, 0.25) is 0 Å². The first-order valence-electron chi connectivity index (χ1n) is 5.43. The summed E-state index contributed by atoms with van der Waals surface area (Å²) in [7, 11) is 3.72. The van der Waals surface area contributed by atoms with E-state index in [1.807, 2.05) is 25.1 Å². The first kappa shape index (κ1) is 12.1. The van der Waals surface area contributed by atoms with Crippen molar-refractivity contribution in [2.75, 3.05) is 23.9 Å². The summed E-state index contributed by atoms with van der Waals surface area (Å²) in [5.41, 5.74) is 1.32. The summed E-state index contributed by atoms with van der Waals surface area (Å²) in [5, 5.41) is 2.12. The number of hydrogen-bond acceptors (Lipinski definition) is 4. The van der Waals surface area contributed by atoms with Crippen LogP contribution in [0.3, 0.4) is 0 Å². The van der Waals surface area contributed by atoms with Crippen LogP contribution >= 0.6 is 0 Å². The highest BCUT2D eigenvalue weighted by Crippen LogP contribution is 2.23. The molecule has 1 aromatic carbocycles. The van der Waals surface area contributed by atoms with Crippen LogP contribution in [0.5, 0.6) is 0 Å². The van der Waals surface area contributed by atoms with Crippen molar-refractivity contribution in [2.24, 2.45) is 0 Å². The van der Waals surface area contributed by atoms with Crippen LogP contribution in [0.15, 0.2) is 24.3 Å². The lowest BCUT2D eigenvalue weighted by Gasteiger charge is -2.25. The molecule has 0 atom stereocenters. The second kappa shape index (κ2) is 4.48. The first-order chi connectivity index (χ1) is 8.49. The summed E-state index contributed by atoms with van der Waals surface area (Å²) in [4.78, 5) is 37.3. The van der Waals surface area contributed by atoms with Gasteiger partial charge in [-0.05, 0) is 18.2 Å². The number of rotatable bonds is 2. The average Bonchev–Trinajstić information content (AvgIpc) is 2.28. The normalized spacial score (nSPS) is 15.7. The molecule has 4 amide bonds. The number of nitrogens with zero attached hydrogens (tertiary/aromatic N) is 2. The van der Waals surface area contributed by atoms with E-state index in [1.54, 1.807) is 18.2 Å². The topological polar surface area (TPSA) is 69.7 Å². The Kier molecular flexibility index (Phi) is 3.01. The maximum Gasteiger partial charge on any atom is 0.335 e. The minimum atomic E-state index is -0.702. The van der Waals surface area contributed by atoms with E-state index in [-0.39, 0.29) is 6.42 Å². The van der Waals surface area contributed by atoms with E-state index in [4.69, 9.17) is 0 Å². The second-order valence-electron chi connectivity index (χ2n) is 4.17. The zero-order chi connectivity index (χ0) is 13.3. The van der Waals surface area contributed by atoms with Gasteiger partial charge in [-0.1, -0.05) is 6.07 Å². The Bertz CT molecular complexity index is 505. The van der Waals surface area contributed by atoms with Gasteiger partial charge in [0, 0.05) is 19.8 Å². The monoisotopic (exact) mass is 247 g/mol. The second-order valence-corrected chi connectivity index (χ2v) is 4.17. The zero-order valence-electron chi connectivity index (χ0n) is 10.1. The van der Waals surface area contributed by atoms with E-state index in [0.29, 0.717) is 5.69 Å². The van der Waals surface area contributed by atoms with Gasteiger partial charge < -0.3 is 4.90 Å². The number of barbiturate groups is 1. The standard InChI is InChI=1S/C12H13N3O3/c1-14(2)8-4-3-5-9(6-8)15-11(17)7-10(16)13-12(15)18/h3-6H,7H2,1-2H3,(H,13,16,18). The van der Waals surface area contributed by atoms with Crippen molar-refractivity contribution in [3.05, 3.63) is 24.3 Å². The predicted molar refractivity (Wildman–Crippen MR) is 66.4 cm³/mol. The van der Waals surface area contributed by atoms with Gasteiger partial charge in [0.2, 0.25) is 11.8 Å². The van der Waals surface area contributed by atoms with Crippen molar-refractivity contribution in [1.82, 2.24) is 5.32 Å². The third-order valence-electron chi connectivity index (χ3n) is 2.61. The molecule has 1 heterocycles. The lowest BCUT2D eigenvalue weighted by molar-refractivity contribution is -0.128. The van der Waals surface area contributed by atoms with E-state index in [1.165, 1.54) is 0 Å². The van der Waals surface area contributed by atoms with Crippen LogP contribution in [-0.2, 0) is 9.59 Å². The van der Waals surface area contributed by atoms with Crippen molar-refractivity contribution < 1.29 is 14.4 Å². The smallest absolute Gasteiger partial charge is 0.335 e. The molecule has 1 aromatic rings. The van der Waals surface area contributed by atoms with Gasteiger partial charge in [-0.25, -0.2) is 9.69 Å². The Labute approximate surface area is 104 Å². The Morgan fingerprint density at radius 3 is 2.56 bits per heavy atom. The Hall–Kier alpha value is -2.37. The number of carbonyl (C=O) groups is 3. The molecule has 1 fully saturated rings. The van der Waals surface area contributed by atoms with Gasteiger partial charge >= 0.3 is 6.03 Å². The van der Waals surface area contributed by atoms with Gasteiger partial charge in [-0.15, -0.1) is 0 Å². The lowest BCUT2D eigenvalue weighted by atomic mass is 10.2. The molecule has 1 N–H and O–H groups in total. The summed E-state index contributed by atoms with van der Waals surface area (Å²) >= 11 is 0. The van der Waals surface area contributed by atoms with Crippen LogP contribution < -0.4 is 15.1 Å². The van der Waals surface area contributed by atoms with Crippen molar-refractivity contribution in [2.45, 2.75) is 6.42 Å². The summed E-state index contributed by atoms with van der Waals surface area (Å²) in [5.74, 6) is -1.08. The predicted octanol–water partition coefficient (Wildman–Crippen LogP) is 0.726. The van der Waals surface area contributed by atoms with E-state index >= 15 is 0 Å². The van der Waals surface area contributed by atoms with Gasteiger partial charge in [0.1, 0.15) is 6.42 Å². The number of carbonyl (C=O) groups excluding carboxylic acids is 3. The zero-order valence-corrected chi connectivity index (χ0v) is 10.1. The molecule has 1 aliphatic rings. The molecule has 0 aromatic heterocycles. The van der Waals surface area contributed by atoms with Gasteiger partial charge in [-0.2, -0.15) is 0 Å². The minimum absolute atomic E-state index is 0.308. The Balaban J connectivity index is 2.36. The number of hydrogen-bond donors (Lipinski definition) is 1. The van der Waals surface area contributed by atoms with Crippen LogP contribution in [0, 0.1) is 0 Å². The Morgan fingerprint density at radius 2 is 1.94 bits per heavy atom. The molecule has 2 rings (SSSR count). The highest BCUT2D eigenvalue weighted by Gasteiger charge is 2.32. The molecule has 0 spiro atoms. The van der Waals surface area contributed by atoms with E-state index < -0.39 is 17.8 Å². The molecule has 1 saturated heterocycles. The van der Waals surface area contributed by atoms with E-state index in [0.717, 1.165) is 10.6 Å². The lowest BCUT2D eigenvalue weighted by Crippen LogP contribution is -2.52. The van der Waals surface area contributed by atoms with Crippen LogP contribution in [-0.4, -0.2) is 31.9 Å². The summed E-state index contributed by atoms with van der Waals surface area (Å²) in [6.45, 7) is 0. The maximum absolute atomic E-state index is 11.7. The number of imide groups is 2. The fraction of sp³-hybridized carbons (Fsp3) is 0.250. The van der Waals surface area contributed by atoms with E-state index in [9.17, 15) is 14.4 Å². The number of nitrogens with one attached hydrogen (secondary N) is 1. The Morgan fingerprint density at radius 1 is 1.22 bits per heavy atom. The van der Waals surface area contributed by atoms with Crippen molar-refractivity contribution >= 4 is 29.2 Å². The van der Waals surface area contributed by atoms with Gasteiger partial charge in [-0.3, -0.25) is 14.9 Å². The quantitative estimate of drug-likeness (QED) is 0.782. The molecule has 0 unspecified atom stereocenters. The van der Waals surface area contributed by atoms with Crippen LogP contribution in [0.4, 0.5) is 16.2 Å². The highest BCUT2D eigenvalue weighted by molar-refractivity contribution is 6.26. The molecule has 0 aliphatic carbocycles. The van der Waals surface area contributed by atoms with E-state index in [2.05, 4.69) is 5.32 Å².